The van der Waals surface area contributed by atoms with Gasteiger partial charge in [-0.05, 0) is 43.2 Å². The molecule has 0 saturated carbocycles. The van der Waals surface area contributed by atoms with Gasteiger partial charge in [-0.3, -0.25) is 18.9 Å². The van der Waals surface area contributed by atoms with Crippen molar-refractivity contribution in [3.05, 3.63) is 35.4 Å². The maximum Gasteiger partial charge on any atom is 0.306 e. The molecule has 11 nitrogen and oxygen atoms in total. The summed E-state index contributed by atoms with van der Waals surface area (Å²) in [5.41, 5.74) is 2.15. The minimum atomic E-state index is -4.69. The van der Waals surface area contributed by atoms with Gasteiger partial charge in [0.1, 0.15) is 19.8 Å². The molecule has 55 heavy (non-hydrogen) atoms. The molecule has 0 aliphatic heterocycles. The van der Waals surface area contributed by atoms with Gasteiger partial charge < -0.3 is 33.2 Å². The average molecular weight is 797 g/mol. The van der Waals surface area contributed by atoms with E-state index >= 15 is 0 Å². The number of hydrogen-bond acceptors (Lipinski definition) is 9. The second kappa shape index (κ2) is 29.9. The van der Waals surface area contributed by atoms with E-state index in [4.69, 9.17) is 18.5 Å². The van der Waals surface area contributed by atoms with Crippen molar-refractivity contribution >= 4 is 25.7 Å². The zero-order valence-electron chi connectivity index (χ0n) is 35.6. The molecule has 1 amide bonds. The SMILES string of the molecule is CCCCCCCCCCCCCCCCCC(=O)OCC(COP(=O)([O-])OCC[N+](C)(C)C)OC(=O)CCCNC(=O)C(C)c1ccc(CC(C)C)cc1. The van der Waals surface area contributed by atoms with Crippen LogP contribution in [0, 0.1) is 5.92 Å². The van der Waals surface area contributed by atoms with Crippen LogP contribution in [0.3, 0.4) is 0 Å². The number of likely N-dealkylation sites (N-methyl/N-ethyl adjacent to an activating group) is 1. The summed E-state index contributed by atoms with van der Waals surface area (Å²) in [6.45, 7) is 8.16. The zero-order chi connectivity index (χ0) is 41.0. The first-order valence-corrected chi connectivity index (χ1v) is 22.7. The third-order valence-corrected chi connectivity index (χ3v) is 10.5. The van der Waals surface area contributed by atoms with E-state index in [2.05, 4.69) is 38.2 Å². The maximum atomic E-state index is 12.7. The molecule has 12 heteroatoms. The number of carbonyl (C=O) groups is 3. The molecule has 1 rings (SSSR count). The van der Waals surface area contributed by atoms with Crippen LogP contribution in [0.15, 0.2) is 24.3 Å². The number of hydrogen-bond donors (Lipinski definition) is 1. The van der Waals surface area contributed by atoms with E-state index in [0.29, 0.717) is 29.8 Å². The summed E-state index contributed by atoms with van der Waals surface area (Å²) in [6, 6.07) is 8.06. The molecule has 0 saturated heterocycles. The van der Waals surface area contributed by atoms with Crippen molar-refractivity contribution in [2.45, 2.75) is 162 Å². The van der Waals surface area contributed by atoms with Crippen molar-refractivity contribution in [1.82, 2.24) is 5.32 Å². The quantitative estimate of drug-likeness (QED) is 0.0314. The molecule has 0 heterocycles. The second-order valence-corrected chi connectivity index (χ2v) is 18.0. The van der Waals surface area contributed by atoms with Gasteiger partial charge in [0.05, 0.1) is 33.7 Å². The van der Waals surface area contributed by atoms with Crippen LogP contribution < -0.4 is 10.2 Å². The first-order chi connectivity index (χ1) is 26.1. The number of ether oxygens (including phenoxy) is 2. The highest BCUT2D eigenvalue weighted by Crippen LogP contribution is 2.38. The lowest BCUT2D eigenvalue weighted by atomic mass is 9.96. The lowest BCUT2D eigenvalue weighted by Gasteiger charge is -2.28. The number of esters is 2. The first kappa shape index (κ1) is 50.7. The molecule has 0 aromatic heterocycles. The van der Waals surface area contributed by atoms with Crippen LogP contribution in [0.5, 0.6) is 0 Å². The van der Waals surface area contributed by atoms with Crippen molar-refractivity contribution < 1.29 is 46.8 Å². The number of benzene rings is 1. The van der Waals surface area contributed by atoms with Crippen molar-refractivity contribution in [2.75, 3.05) is 54.1 Å². The van der Waals surface area contributed by atoms with Gasteiger partial charge in [-0.1, -0.05) is 135 Å². The van der Waals surface area contributed by atoms with Crippen LogP contribution in [0.4, 0.5) is 0 Å². The normalized spacial score (nSPS) is 14.0. The predicted octanol–water partition coefficient (Wildman–Crippen LogP) is 8.81. The predicted molar refractivity (Wildman–Crippen MR) is 218 cm³/mol. The molecule has 0 spiro atoms. The first-order valence-electron chi connectivity index (χ1n) is 21.2. The van der Waals surface area contributed by atoms with E-state index in [-0.39, 0.29) is 44.4 Å². The van der Waals surface area contributed by atoms with Crippen LogP contribution in [0.1, 0.15) is 160 Å². The number of quaternary nitrogens is 1. The Morgan fingerprint density at radius 2 is 1.25 bits per heavy atom. The summed E-state index contributed by atoms with van der Waals surface area (Å²) < 4.78 is 33.7. The number of amides is 1. The number of nitrogens with zero attached hydrogens (tertiary/aromatic N) is 1. The van der Waals surface area contributed by atoms with E-state index in [1.165, 1.54) is 76.2 Å². The van der Waals surface area contributed by atoms with Crippen molar-refractivity contribution in [2.24, 2.45) is 5.92 Å². The fraction of sp³-hybridized carbons (Fsp3) is 0.791. The Hall–Kier alpha value is -2.30. The van der Waals surface area contributed by atoms with E-state index in [1.807, 2.05) is 40.2 Å². The molecular formula is C43H77N2O9P. The number of nitrogens with one attached hydrogen (secondary N) is 1. The lowest BCUT2D eigenvalue weighted by Crippen LogP contribution is -2.37. The van der Waals surface area contributed by atoms with Crippen LogP contribution in [-0.2, 0) is 43.9 Å². The Morgan fingerprint density at radius 1 is 0.727 bits per heavy atom. The smallest absolute Gasteiger partial charge is 0.306 e. The fourth-order valence-corrected chi connectivity index (χ4v) is 6.79. The van der Waals surface area contributed by atoms with Gasteiger partial charge in [-0.25, -0.2) is 0 Å². The number of phosphoric ester groups is 1. The topological polar surface area (TPSA) is 140 Å². The molecule has 0 bridgehead atoms. The summed E-state index contributed by atoms with van der Waals surface area (Å²) in [4.78, 5) is 50.4. The average Bonchev–Trinajstić information content (AvgIpc) is 3.12. The number of unbranched alkanes of at least 4 members (excludes halogenated alkanes) is 14. The monoisotopic (exact) mass is 797 g/mol. The Balaban J connectivity index is 2.44. The molecule has 0 aliphatic rings. The summed E-state index contributed by atoms with van der Waals surface area (Å²) in [5, 5.41) is 2.87. The second-order valence-electron chi connectivity index (χ2n) is 16.5. The van der Waals surface area contributed by atoms with Crippen molar-refractivity contribution in [1.29, 1.82) is 0 Å². The van der Waals surface area contributed by atoms with Gasteiger partial charge in [-0.15, -0.1) is 0 Å². The highest BCUT2D eigenvalue weighted by atomic mass is 31.2. The summed E-state index contributed by atoms with van der Waals surface area (Å²) in [7, 11) is 1.02. The van der Waals surface area contributed by atoms with E-state index in [1.54, 1.807) is 0 Å². The molecule has 318 valence electrons. The van der Waals surface area contributed by atoms with Crippen molar-refractivity contribution in [3.63, 3.8) is 0 Å². The fourth-order valence-electron chi connectivity index (χ4n) is 6.06. The van der Waals surface area contributed by atoms with Gasteiger partial charge in [-0.2, -0.15) is 0 Å². The van der Waals surface area contributed by atoms with Gasteiger partial charge >= 0.3 is 11.9 Å². The van der Waals surface area contributed by atoms with E-state index in [9.17, 15) is 23.8 Å². The van der Waals surface area contributed by atoms with Gasteiger partial charge in [0.2, 0.25) is 5.91 Å². The molecule has 1 N–H and O–H groups in total. The Morgan fingerprint density at radius 3 is 1.78 bits per heavy atom. The standard InChI is InChI=1S/C43H77N2O9P/c1-8-9-10-11-12-13-14-15-16-17-18-19-20-21-22-24-41(46)51-34-40(35-53-55(49,50)52-32-31-45(5,6)7)54-42(47)25-23-30-44-43(48)37(4)39-28-26-38(27-29-39)33-36(2)3/h26-29,36-37,40H,8-25,30-35H2,1-7H3,(H-,44,48,49,50). The Bertz CT molecular complexity index is 1220. The third kappa shape index (κ3) is 28.7. The maximum absolute atomic E-state index is 12.7. The molecule has 3 unspecified atom stereocenters. The molecule has 0 fully saturated rings. The summed E-state index contributed by atoms with van der Waals surface area (Å²) in [5.74, 6) is -1.00. The number of rotatable bonds is 34. The van der Waals surface area contributed by atoms with Crippen LogP contribution in [0.2, 0.25) is 0 Å². The van der Waals surface area contributed by atoms with E-state index in [0.717, 1.165) is 31.2 Å². The lowest BCUT2D eigenvalue weighted by molar-refractivity contribution is -0.870. The Labute approximate surface area is 334 Å². The third-order valence-electron chi connectivity index (χ3n) is 9.52. The highest BCUT2D eigenvalue weighted by molar-refractivity contribution is 7.45. The van der Waals surface area contributed by atoms with E-state index < -0.39 is 32.5 Å². The van der Waals surface area contributed by atoms with Crippen LogP contribution in [-0.4, -0.2) is 82.5 Å². The molecule has 1 aromatic carbocycles. The van der Waals surface area contributed by atoms with Crippen molar-refractivity contribution in [3.8, 4) is 0 Å². The molecule has 3 atom stereocenters. The molecule has 0 aliphatic carbocycles. The van der Waals surface area contributed by atoms with Crippen LogP contribution >= 0.6 is 7.82 Å². The number of phosphoric acid groups is 1. The minimum absolute atomic E-state index is 0.0306. The Kier molecular flexibility index (Phi) is 27.5. The molecular weight excluding hydrogens is 719 g/mol. The highest BCUT2D eigenvalue weighted by Gasteiger charge is 2.22. The van der Waals surface area contributed by atoms with Gasteiger partial charge in [0.15, 0.2) is 6.10 Å². The summed E-state index contributed by atoms with van der Waals surface area (Å²) in [6.07, 6.45) is 18.8. The molecule has 0 radical (unpaired) electrons. The summed E-state index contributed by atoms with van der Waals surface area (Å²) >= 11 is 0. The van der Waals surface area contributed by atoms with Gasteiger partial charge in [0.25, 0.3) is 7.82 Å². The largest absolute Gasteiger partial charge is 0.756 e. The van der Waals surface area contributed by atoms with Gasteiger partial charge in [0, 0.05) is 19.4 Å². The van der Waals surface area contributed by atoms with Crippen LogP contribution in [0.25, 0.3) is 0 Å². The zero-order valence-corrected chi connectivity index (χ0v) is 36.5. The minimum Gasteiger partial charge on any atom is -0.756 e. The number of carbonyl (C=O) groups excluding carboxylic acids is 3. The molecule has 1 aromatic rings.